The molecule has 1 fully saturated rings. The first-order chi connectivity index (χ1) is 7.13. The number of carbonyl (C=O) groups excluding carboxylic acids is 1. The fourth-order valence-electron chi connectivity index (χ4n) is 1.67. The molecular formula is C10H16F3NO2. The molecule has 0 bridgehead atoms. The van der Waals surface area contributed by atoms with Gasteiger partial charge in [0.05, 0.1) is 12.5 Å². The Balaban J connectivity index is 2.31. The highest BCUT2D eigenvalue weighted by Crippen LogP contribution is 2.40. The molecule has 0 aromatic rings. The van der Waals surface area contributed by atoms with Gasteiger partial charge in [0, 0.05) is 17.9 Å². The number of hydrogen-bond donors (Lipinski definition) is 2. The number of aliphatic hydroxyl groups is 1. The Labute approximate surface area is 92.0 Å². The maximum absolute atomic E-state index is 11.8. The molecule has 6 heteroatoms. The molecule has 0 aromatic carbocycles. The SMILES string of the molecule is CC1(C)C(O)CC1NC(=O)CCC(F)(F)F. The molecule has 0 radical (unpaired) electrons. The van der Waals surface area contributed by atoms with E-state index in [4.69, 9.17) is 0 Å². The van der Waals surface area contributed by atoms with Crippen LogP contribution < -0.4 is 5.32 Å². The van der Waals surface area contributed by atoms with Crippen molar-refractivity contribution in [1.29, 1.82) is 0 Å². The van der Waals surface area contributed by atoms with Crippen LogP contribution in [0.15, 0.2) is 0 Å². The predicted molar refractivity (Wildman–Crippen MR) is 51.6 cm³/mol. The van der Waals surface area contributed by atoms with Crippen molar-refractivity contribution in [3.05, 3.63) is 0 Å². The molecule has 2 N–H and O–H groups in total. The fourth-order valence-corrected chi connectivity index (χ4v) is 1.67. The van der Waals surface area contributed by atoms with Crippen LogP contribution in [-0.2, 0) is 4.79 Å². The maximum Gasteiger partial charge on any atom is 0.389 e. The molecule has 1 amide bonds. The van der Waals surface area contributed by atoms with Crippen LogP contribution in [0.25, 0.3) is 0 Å². The van der Waals surface area contributed by atoms with Gasteiger partial charge in [-0.1, -0.05) is 13.8 Å². The highest BCUT2D eigenvalue weighted by Gasteiger charge is 2.47. The van der Waals surface area contributed by atoms with Gasteiger partial charge in [-0.25, -0.2) is 0 Å². The lowest BCUT2D eigenvalue weighted by molar-refractivity contribution is -0.147. The average molecular weight is 239 g/mol. The summed E-state index contributed by atoms with van der Waals surface area (Å²) >= 11 is 0. The fraction of sp³-hybridized carbons (Fsp3) is 0.900. The summed E-state index contributed by atoms with van der Waals surface area (Å²) in [6.07, 6.45) is -6.04. The van der Waals surface area contributed by atoms with Gasteiger partial charge in [0.2, 0.25) is 5.91 Å². The maximum atomic E-state index is 11.8. The van der Waals surface area contributed by atoms with Gasteiger partial charge < -0.3 is 10.4 Å². The molecule has 0 saturated heterocycles. The van der Waals surface area contributed by atoms with Gasteiger partial charge in [-0.05, 0) is 6.42 Å². The number of amides is 1. The van der Waals surface area contributed by atoms with Crippen LogP contribution >= 0.6 is 0 Å². The van der Waals surface area contributed by atoms with Crippen molar-refractivity contribution >= 4 is 5.91 Å². The second-order valence-corrected chi connectivity index (χ2v) is 4.81. The summed E-state index contributed by atoms with van der Waals surface area (Å²) in [6.45, 7) is 3.55. The monoisotopic (exact) mass is 239 g/mol. The summed E-state index contributed by atoms with van der Waals surface area (Å²) in [7, 11) is 0. The molecule has 16 heavy (non-hydrogen) atoms. The Morgan fingerprint density at radius 3 is 2.44 bits per heavy atom. The molecule has 2 unspecified atom stereocenters. The van der Waals surface area contributed by atoms with Gasteiger partial charge in [-0.3, -0.25) is 4.79 Å². The Morgan fingerprint density at radius 2 is 2.06 bits per heavy atom. The highest BCUT2D eigenvalue weighted by atomic mass is 19.4. The number of nitrogens with one attached hydrogen (secondary N) is 1. The minimum Gasteiger partial charge on any atom is -0.392 e. The number of carbonyl (C=O) groups is 1. The van der Waals surface area contributed by atoms with E-state index in [2.05, 4.69) is 5.32 Å². The number of rotatable bonds is 3. The molecule has 0 aliphatic heterocycles. The standard InChI is InChI=1S/C10H16F3NO2/c1-9(2)6(5-7(9)15)14-8(16)3-4-10(11,12)13/h6-7,15H,3-5H2,1-2H3,(H,14,16). The lowest BCUT2D eigenvalue weighted by atomic mass is 9.64. The Hall–Kier alpha value is -0.780. The van der Waals surface area contributed by atoms with E-state index < -0.39 is 36.4 Å². The van der Waals surface area contributed by atoms with E-state index in [9.17, 15) is 23.1 Å². The third-order valence-corrected chi connectivity index (χ3v) is 3.19. The van der Waals surface area contributed by atoms with E-state index in [1.54, 1.807) is 13.8 Å². The van der Waals surface area contributed by atoms with E-state index in [1.165, 1.54) is 0 Å². The first-order valence-electron chi connectivity index (χ1n) is 5.17. The van der Waals surface area contributed by atoms with Gasteiger partial charge in [0.15, 0.2) is 0 Å². The quantitative estimate of drug-likeness (QED) is 0.786. The van der Waals surface area contributed by atoms with Crippen molar-refractivity contribution in [2.45, 2.75) is 51.4 Å². The Bertz CT molecular complexity index is 276. The molecule has 1 aliphatic carbocycles. The highest BCUT2D eigenvalue weighted by molar-refractivity contribution is 5.76. The van der Waals surface area contributed by atoms with Gasteiger partial charge in [0.25, 0.3) is 0 Å². The first-order valence-corrected chi connectivity index (χ1v) is 5.17. The van der Waals surface area contributed by atoms with Crippen molar-refractivity contribution in [2.75, 3.05) is 0 Å². The second-order valence-electron chi connectivity index (χ2n) is 4.81. The van der Waals surface area contributed by atoms with Gasteiger partial charge in [-0.2, -0.15) is 13.2 Å². The summed E-state index contributed by atoms with van der Waals surface area (Å²) in [5, 5.41) is 11.9. The molecule has 0 aromatic heterocycles. The van der Waals surface area contributed by atoms with Crippen molar-refractivity contribution in [1.82, 2.24) is 5.32 Å². The number of aliphatic hydroxyl groups excluding tert-OH is 1. The third-order valence-electron chi connectivity index (χ3n) is 3.19. The lowest BCUT2D eigenvalue weighted by Gasteiger charge is -2.49. The van der Waals surface area contributed by atoms with Crippen molar-refractivity contribution in [3.8, 4) is 0 Å². The van der Waals surface area contributed by atoms with Crippen molar-refractivity contribution in [3.63, 3.8) is 0 Å². The molecule has 1 saturated carbocycles. The molecule has 1 aliphatic rings. The number of alkyl halides is 3. The molecular weight excluding hydrogens is 223 g/mol. The summed E-state index contributed by atoms with van der Waals surface area (Å²) in [5.41, 5.74) is -0.451. The van der Waals surface area contributed by atoms with E-state index in [1.807, 2.05) is 0 Å². The zero-order chi connectivity index (χ0) is 12.6. The minimum atomic E-state index is -4.30. The Kier molecular flexibility index (Phi) is 3.52. The Morgan fingerprint density at radius 1 is 1.50 bits per heavy atom. The predicted octanol–water partition coefficient (Wildman–Crippen LogP) is 1.60. The smallest absolute Gasteiger partial charge is 0.389 e. The van der Waals surface area contributed by atoms with Gasteiger partial charge in [-0.15, -0.1) is 0 Å². The van der Waals surface area contributed by atoms with E-state index in [0.29, 0.717) is 6.42 Å². The normalized spacial score (nSPS) is 28.4. The molecule has 3 nitrogen and oxygen atoms in total. The third kappa shape index (κ3) is 3.10. The van der Waals surface area contributed by atoms with Crippen LogP contribution in [0.1, 0.15) is 33.1 Å². The summed E-state index contributed by atoms with van der Waals surface area (Å²) in [4.78, 5) is 11.2. The topological polar surface area (TPSA) is 49.3 Å². The number of halogens is 3. The minimum absolute atomic E-state index is 0.233. The zero-order valence-corrected chi connectivity index (χ0v) is 9.27. The second kappa shape index (κ2) is 4.24. The van der Waals surface area contributed by atoms with E-state index >= 15 is 0 Å². The van der Waals surface area contributed by atoms with Crippen molar-refractivity contribution < 1.29 is 23.1 Å². The molecule has 1 rings (SSSR count). The van der Waals surface area contributed by atoms with E-state index in [0.717, 1.165) is 0 Å². The zero-order valence-electron chi connectivity index (χ0n) is 9.27. The summed E-state index contributed by atoms with van der Waals surface area (Å²) < 4.78 is 35.5. The molecule has 94 valence electrons. The van der Waals surface area contributed by atoms with Crippen LogP contribution in [0.2, 0.25) is 0 Å². The lowest BCUT2D eigenvalue weighted by Crippen LogP contribution is -2.61. The first kappa shape index (κ1) is 13.3. The number of hydrogen-bond acceptors (Lipinski definition) is 2. The van der Waals surface area contributed by atoms with Gasteiger partial charge in [0.1, 0.15) is 0 Å². The van der Waals surface area contributed by atoms with E-state index in [-0.39, 0.29) is 6.04 Å². The molecule has 0 heterocycles. The largest absolute Gasteiger partial charge is 0.392 e. The van der Waals surface area contributed by atoms with Crippen molar-refractivity contribution in [2.24, 2.45) is 5.41 Å². The van der Waals surface area contributed by atoms with Crippen LogP contribution in [0.5, 0.6) is 0 Å². The van der Waals surface area contributed by atoms with Crippen LogP contribution in [0.4, 0.5) is 13.2 Å². The molecule has 0 spiro atoms. The van der Waals surface area contributed by atoms with Crippen LogP contribution in [-0.4, -0.2) is 29.3 Å². The molecule has 2 atom stereocenters. The van der Waals surface area contributed by atoms with Crippen LogP contribution in [0, 0.1) is 5.41 Å². The van der Waals surface area contributed by atoms with Crippen LogP contribution in [0.3, 0.4) is 0 Å². The summed E-state index contributed by atoms with van der Waals surface area (Å²) in [5.74, 6) is -0.609. The summed E-state index contributed by atoms with van der Waals surface area (Å²) in [6, 6.07) is -0.233. The average Bonchev–Trinajstić information content (AvgIpc) is 2.13. The van der Waals surface area contributed by atoms with Gasteiger partial charge >= 0.3 is 6.18 Å².